The molecule has 3 rings (SSSR count). The fourth-order valence-electron chi connectivity index (χ4n) is 3.11. The predicted octanol–water partition coefficient (Wildman–Crippen LogP) is 1.57. The van der Waals surface area contributed by atoms with E-state index in [1.807, 2.05) is 24.0 Å². The van der Waals surface area contributed by atoms with Gasteiger partial charge in [0, 0.05) is 19.2 Å². The molecule has 1 aromatic heterocycles. The second-order valence-electron chi connectivity index (χ2n) is 6.23. The minimum absolute atomic E-state index is 0.0630. The van der Waals surface area contributed by atoms with E-state index in [-0.39, 0.29) is 18.2 Å². The highest BCUT2D eigenvalue weighted by atomic mass is 16.3. The molecule has 1 fully saturated rings. The molecule has 122 valence electrons. The number of likely N-dealkylation sites (tertiary alicyclic amines) is 1. The number of aromatic nitrogens is 2. The molecule has 1 unspecified atom stereocenters. The topological polar surface area (TPSA) is 84.4 Å². The van der Waals surface area contributed by atoms with Crippen molar-refractivity contribution < 1.29 is 9.90 Å². The Morgan fingerprint density at radius 1 is 1.39 bits per heavy atom. The van der Waals surface area contributed by atoms with Crippen LogP contribution in [0.1, 0.15) is 17.7 Å². The average molecular weight is 314 g/mol. The molecule has 1 aromatic carbocycles. The molecule has 0 radical (unpaired) electrons. The number of anilines is 1. The van der Waals surface area contributed by atoms with Crippen molar-refractivity contribution in [1.29, 1.82) is 0 Å². The zero-order chi connectivity index (χ0) is 16.4. The van der Waals surface area contributed by atoms with Gasteiger partial charge in [0.25, 0.3) is 0 Å². The first-order valence-electron chi connectivity index (χ1n) is 7.87. The number of phenolic OH excluding ortho intramolecular Hbond substituents is 1. The lowest BCUT2D eigenvalue weighted by molar-refractivity contribution is -0.131. The van der Waals surface area contributed by atoms with E-state index in [1.165, 1.54) is 5.56 Å². The molecular formula is C17H22N4O2. The number of hydrogen-bond acceptors (Lipinski definition) is 4. The van der Waals surface area contributed by atoms with Crippen LogP contribution in [0.4, 0.5) is 5.82 Å². The van der Waals surface area contributed by atoms with Crippen LogP contribution in [-0.4, -0.2) is 38.8 Å². The van der Waals surface area contributed by atoms with Crippen molar-refractivity contribution in [2.24, 2.45) is 5.92 Å². The van der Waals surface area contributed by atoms with Gasteiger partial charge in [-0.2, -0.15) is 5.10 Å². The smallest absolute Gasteiger partial charge is 0.244 e. The van der Waals surface area contributed by atoms with Crippen LogP contribution in [0.2, 0.25) is 0 Å². The Kier molecular flexibility index (Phi) is 4.23. The van der Waals surface area contributed by atoms with Gasteiger partial charge in [-0.1, -0.05) is 12.1 Å². The first-order chi connectivity index (χ1) is 11.0. The third kappa shape index (κ3) is 3.64. The zero-order valence-corrected chi connectivity index (χ0v) is 13.3. The molecule has 1 aliphatic heterocycles. The van der Waals surface area contributed by atoms with Gasteiger partial charge in [0.2, 0.25) is 5.91 Å². The van der Waals surface area contributed by atoms with E-state index < -0.39 is 0 Å². The Balaban J connectivity index is 1.55. The van der Waals surface area contributed by atoms with Crippen molar-refractivity contribution in [3.8, 4) is 5.75 Å². The van der Waals surface area contributed by atoms with E-state index in [4.69, 9.17) is 5.73 Å². The highest BCUT2D eigenvalue weighted by molar-refractivity contribution is 5.76. The number of phenols is 1. The van der Waals surface area contributed by atoms with Gasteiger partial charge in [0.15, 0.2) is 0 Å². The number of aryl methyl sites for hydroxylation is 1. The molecule has 1 aliphatic rings. The van der Waals surface area contributed by atoms with Crippen LogP contribution in [0, 0.1) is 12.8 Å². The van der Waals surface area contributed by atoms with Crippen LogP contribution in [0.5, 0.6) is 5.75 Å². The molecule has 1 saturated heterocycles. The van der Waals surface area contributed by atoms with Crippen molar-refractivity contribution in [3.05, 3.63) is 41.6 Å². The normalized spacial score (nSPS) is 17.6. The monoisotopic (exact) mass is 314 g/mol. The molecule has 0 saturated carbocycles. The van der Waals surface area contributed by atoms with Crippen LogP contribution in [0.25, 0.3) is 0 Å². The zero-order valence-electron chi connectivity index (χ0n) is 13.3. The minimum Gasteiger partial charge on any atom is -0.508 e. The second-order valence-corrected chi connectivity index (χ2v) is 6.23. The quantitative estimate of drug-likeness (QED) is 0.897. The number of carbonyl (C=O) groups excluding carboxylic acids is 1. The van der Waals surface area contributed by atoms with Gasteiger partial charge >= 0.3 is 0 Å². The summed E-state index contributed by atoms with van der Waals surface area (Å²) in [5.74, 6) is 1.33. The largest absolute Gasteiger partial charge is 0.508 e. The Hall–Kier alpha value is -2.50. The Labute approximate surface area is 135 Å². The van der Waals surface area contributed by atoms with Gasteiger partial charge in [-0.3, -0.25) is 4.79 Å². The molecule has 6 nitrogen and oxygen atoms in total. The maximum Gasteiger partial charge on any atom is 0.244 e. The first-order valence-corrected chi connectivity index (χ1v) is 7.87. The van der Waals surface area contributed by atoms with E-state index in [1.54, 1.807) is 22.9 Å². The lowest BCUT2D eigenvalue weighted by Gasteiger charge is -2.17. The van der Waals surface area contributed by atoms with Gasteiger partial charge in [-0.15, -0.1) is 0 Å². The van der Waals surface area contributed by atoms with Crippen LogP contribution >= 0.6 is 0 Å². The standard InChI is InChI=1S/C17H22N4O2/c1-12-8-16(18)21(19-12)11-17(23)20-7-6-14(10-20)9-13-2-4-15(22)5-3-13/h2-5,8,14,22H,6-7,9-11,18H2,1H3. The van der Waals surface area contributed by atoms with Crippen molar-refractivity contribution in [1.82, 2.24) is 14.7 Å². The third-order valence-corrected chi connectivity index (χ3v) is 4.32. The number of nitrogens with zero attached hydrogens (tertiary/aromatic N) is 3. The summed E-state index contributed by atoms with van der Waals surface area (Å²) in [7, 11) is 0. The Morgan fingerprint density at radius 3 is 2.78 bits per heavy atom. The third-order valence-electron chi connectivity index (χ3n) is 4.32. The maximum absolute atomic E-state index is 12.4. The number of hydrogen-bond donors (Lipinski definition) is 2. The average Bonchev–Trinajstić information content (AvgIpc) is 3.09. The number of rotatable bonds is 4. The van der Waals surface area contributed by atoms with Gasteiger partial charge < -0.3 is 15.7 Å². The maximum atomic E-state index is 12.4. The number of amides is 1. The van der Waals surface area contributed by atoms with E-state index in [9.17, 15) is 9.90 Å². The SMILES string of the molecule is Cc1cc(N)n(CC(=O)N2CCC(Cc3ccc(O)cc3)C2)n1. The lowest BCUT2D eigenvalue weighted by Crippen LogP contribution is -2.32. The summed E-state index contributed by atoms with van der Waals surface area (Å²) >= 11 is 0. The Bertz CT molecular complexity index is 693. The summed E-state index contributed by atoms with van der Waals surface area (Å²) in [6.45, 7) is 3.61. The van der Waals surface area contributed by atoms with Crippen LogP contribution in [0.3, 0.4) is 0 Å². The van der Waals surface area contributed by atoms with E-state index in [0.717, 1.165) is 31.6 Å². The molecule has 0 aliphatic carbocycles. The van der Waals surface area contributed by atoms with E-state index >= 15 is 0 Å². The molecule has 0 bridgehead atoms. The number of benzene rings is 1. The predicted molar refractivity (Wildman–Crippen MR) is 87.9 cm³/mol. The van der Waals surface area contributed by atoms with Crippen molar-refractivity contribution >= 4 is 11.7 Å². The molecule has 3 N–H and O–H groups in total. The molecular weight excluding hydrogens is 292 g/mol. The fourth-order valence-corrected chi connectivity index (χ4v) is 3.11. The summed E-state index contributed by atoms with van der Waals surface area (Å²) < 4.78 is 1.56. The molecule has 2 aromatic rings. The number of nitrogen functional groups attached to an aromatic ring is 1. The molecule has 0 spiro atoms. The summed E-state index contributed by atoms with van der Waals surface area (Å²) in [5, 5.41) is 13.6. The molecule has 1 atom stereocenters. The molecule has 1 amide bonds. The van der Waals surface area contributed by atoms with Crippen LogP contribution in [-0.2, 0) is 17.8 Å². The molecule has 23 heavy (non-hydrogen) atoms. The van der Waals surface area contributed by atoms with Crippen LogP contribution < -0.4 is 5.73 Å². The number of carbonyl (C=O) groups is 1. The van der Waals surface area contributed by atoms with Crippen molar-refractivity contribution in [2.45, 2.75) is 26.3 Å². The Morgan fingerprint density at radius 2 is 2.13 bits per heavy atom. The lowest BCUT2D eigenvalue weighted by atomic mass is 9.99. The van der Waals surface area contributed by atoms with Crippen molar-refractivity contribution in [3.63, 3.8) is 0 Å². The van der Waals surface area contributed by atoms with Gasteiger partial charge in [-0.25, -0.2) is 4.68 Å². The minimum atomic E-state index is 0.0630. The highest BCUT2D eigenvalue weighted by Gasteiger charge is 2.26. The highest BCUT2D eigenvalue weighted by Crippen LogP contribution is 2.22. The van der Waals surface area contributed by atoms with Gasteiger partial charge in [0.1, 0.15) is 18.1 Å². The summed E-state index contributed by atoms with van der Waals surface area (Å²) in [6.07, 6.45) is 1.92. The molecule has 2 heterocycles. The van der Waals surface area contributed by atoms with Gasteiger partial charge in [-0.05, 0) is 43.4 Å². The fraction of sp³-hybridized carbons (Fsp3) is 0.412. The van der Waals surface area contributed by atoms with E-state index in [0.29, 0.717) is 11.7 Å². The summed E-state index contributed by atoms with van der Waals surface area (Å²) in [6, 6.07) is 9.05. The second kappa shape index (κ2) is 6.32. The summed E-state index contributed by atoms with van der Waals surface area (Å²) in [4.78, 5) is 14.3. The number of aromatic hydroxyl groups is 1. The summed E-state index contributed by atoms with van der Waals surface area (Å²) in [5.41, 5.74) is 7.85. The van der Waals surface area contributed by atoms with Crippen LogP contribution in [0.15, 0.2) is 30.3 Å². The van der Waals surface area contributed by atoms with Gasteiger partial charge in [0.05, 0.1) is 5.69 Å². The molecule has 6 heteroatoms. The number of nitrogens with two attached hydrogens (primary N) is 1. The van der Waals surface area contributed by atoms with Crippen molar-refractivity contribution in [2.75, 3.05) is 18.8 Å². The van der Waals surface area contributed by atoms with E-state index in [2.05, 4.69) is 5.10 Å². The first kappa shape index (κ1) is 15.4.